The highest BCUT2D eigenvalue weighted by Crippen LogP contribution is 2.21. The van der Waals surface area contributed by atoms with Gasteiger partial charge in [0.15, 0.2) is 6.10 Å². The maximum absolute atomic E-state index is 11.8. The summed E-state index contributed by atoms with van der Waals surface area (Å²) in [5.74, 6) is 0.650. The van der Waals surface area contributed by atoms with Crippen molar-refractivity contribution in [1.82, 2.24) is 5.32 Å². The molecule has 0 unspecified atom stereocenters. The number of benzene rings is 1. The fourth-order valence-electron chi connectivity index (χ4n) is 1.52. The summed E-state index contributed by atoms with van der Waals surface area (Å²) >= 11 is 5.79. The Morgan fingerprint density at radius 3 is 2.65 bits per heavy atom. The van der Waals surface area contributed by atoms with E-state index in [1.807, 2.05) is 6.92 Å². The second-order valence-electron chi connectivity index (χ2n) is 4.25. The Morgan fingerprint density at radius 2 is 2.12 bits per heavy atom. The number of nitrogens with one attached hydrogen (secondary N) is 1. The number of carbonyl (C=O) groups excluding carboxylic acids is 1. The molecule has 0 aliphatic heterocycles. The third-order valence-electron chi connectivity index (χ3n) is 2.68. The first-order chi connectivity index (χ1) is 8.19. The van der Waals surface area contributed by atoms with Gasteiger partial charge >= 0.3 is 0 Å². The van der Waals surface area contributed by atoms with Crippen LogP contribution in [-0.2, 0) is 4.79 Å². The summed E-state index contributed by atoms with van der Waals surface area (Å²) in [7, 11) is 0. The summed E-state index contributed by atoms with van der Waals surface area (Å²) in [5.41, 5.74) is 0. The normalized spacial score (nSPS) is 16.4. The molecule has 1 N–H and O–H groups in total. The zero-order chi connectivity index (χ0) is 12.3. The van der Waals surface area contributed by atoms with Gasteiger partial charge in [0.05, 0.1) is 0 Å². The van der Waals surface area contributed by atoms with Gasteiger partial charge in [-0.3, -0.25) is 4.79 Å². The summed E-state index contributed by atoms with van der Waals surface area (Å²) < 4.78 is 5.64. The molecule has 0 heterocycles. The van der Waals surface area contributed by atoms with Crippen molar-refractivity contribution in [2.75, 3.05) is 0 Å². The lowest BCUT2D eigenvalue weighted by Crippen LogP contribution is -2.39. The molecule has 1 aromatic carbocycles. The molecule has 0 spiro atoms. The van der Waals surface area contributed by atoms with Crippen LogP contribution in [0.25, 0.3) is 0 Å². The predicted octanol–water partition coefficient (Wildman–Crippen LogP) is 2.78. The summed E-state index contributed by atoms with van der Waals surface area (Å²) in [6.45, 7) is 1.94. The van der Waals surface area contributed by atoms with Crippen LogP contribution >= 0.6 is 11.6 Å². The molecular formula is C13H16ClNO2. The smallest absolute Gasteiger partial charge is 0.261 e. The van der Waals surface area contributed by atoms with Gasteiger partial charge in [-0.2, -0.15) is 0 Å². The van der Waals surface area contributed by atoms with Gasteiger partial charge in [-0.25, -0.2) is 0 Å². The molecule has 0 radical (unpaired) electrons. The topological polar surface area (TPSA) is 38.3 Å². The Balaban J connectivity index is 1.93. The predicted molar refractivity (Wildman–Crippen MR) is 67.3 cm³/mol. The Labute approximate surface area is 106 Å². The quantitative estimate of drug-likeness (QED) is 0.876. The molecule has 1 aliphatic carbocycles. The van der Waals surface area contributed by atoms with E-state index in [1.54, 1.807) is 24.3 Å². The zero-order valence-electron chi connectivity index (χ0n) is 9.78. The van der Waals surface area contributed by atoms with Crippen molar-refractivity contribution >= 4 is 17.5 Å². The molecule has 1 amide bonds. The van der Waals surface area contributed by atoms with E-state index in [0.717, 1.165) is 12.8 Å². The molecular weight excluding hydrogens is 238 g/mol. The minimum atomic E-state index is -0.420. The Kier molecular flexibility index (Phi) is 3.89. The molecule has 0 aromatic heterocycles. The van der Waals surface area contributed by atoms with Crippen LogP contribution in [0, 0.1) is 0 Å². The fourth-order valence-corrected chi connectivity index (χ4v) is 1.65. The lowest BCUT2D eigenvalue weighted by molar-refractivity contribution is -0.128. The first-order valence-corrected chi connectivity index (χ1v) is 6.29. The van der Waals surface area contributed by atoms with Crippen LogP contribution in [0.1, 0.15) is 26.2 Å². The molecule has 1 atom stereocenters. The van der Waals surface area contributed by atoms with E-state index in [2.05, 4.69) is 5.32 Å². The summed E-state index contributed by atoms with van der Waals surface area (Å²) in [5, 5.41) is 3.61. The lowest BCUT2D eigenvalue weighted by Gasteiger charge is -2.17. The lowest BCUT2D eigenvalue weighted by atomic mass is 10.2. The third kappa shape index (κ3) is 3.63. The average molecular weight is 254 g/mol. The maximum Gasteiger partial charge on any atom is 0.261 e. The Hall–Kier alpha value is -1.22. The van der Waals surface area contributed by atoms with Gasteiger partial charge in [-0.15, -0.1) is 0 Å². The van der Waals surface area contributed by atoms with Crippen LogP contribution in [0.3, 0.4) is 0 Å². The van der Waals surface area contributed by atoms with Crippen LogP contribution in [0.2, 0.25) is 5.02 Å². The van der Waals surface area contributed by atoms with Crippen LogP contribution < -0.4 is 10.1 Å². The number of hydrogen-bond donors (Lipinski definition) is 1. The van der Waals surface area contributed by atoms with Crippen molar-refractivity contribution < 1.29 is 9.53 Å². The van der Waals surface area contributed by atoms with Gasteiger partial charge in [0, 0.05) is 11.1 Å². The largest absolute Gasteiger partial charge is 0.481 e. The van der Waals surface area contributed by atoms with Crippen molar-refractivity contribution in [1.29, 1.82) is 0 Å². The van der Waals surface area contributed by atoms with Gasteiger partial charge in [-0.05, 0) is 43.5 Å². The Morgan fingerprint density at radius 1 is 1.47 bits per heavy atom. The number of hydrogen-bond acceptors (Lipinski definition) is 2. The highest BCUT2D eigenvalue weighted by atomic mass is 35.5. The molecule has 17 heavy (non-hydrogen) atoms. The van der Waals surface area contributed by atoms with Crippen molar-refractivity contribution in [2.45, 2.75) is 38.3 Å². The standard InChI is InChI=1S/C13H16ClNO2/c1-2-12(13(16)15-10-5-6-10)17-11-7-3-9(14)4-8-11/h3-4,7-8,10,12H,2,5-6H2,1H3,(H,15,16)/t12-/m0/s1. The maximum atomic E-state index is 11.8. The third-order valence-corrected chi connectivity index (χ3v) is 2.93. The van der Waals surface area contributed by atoms with Gasteiger partial charge in [0.1, 0.15) is 5.75 Å². The molecule has 4 heteroatoms. The van der Waals surface area contributed by atoms with E-state index in [4.69, 9.17) is 16.3 Å². The first kappa shape index (κ1) is 12.2. The average Bonchev–Trinajstić information content (AvgIpc) is 3.12. The van der Waals surface area contributed by atoms with E-state index >= 15 is 0 Å². The van der Waals surface area contributed by atoms with Gasteiger partial charge in [-0.1, -0.05) is 18.5 Å². The zero-order valence-corrected chi connectivity index (χ0v) is 10.5. The molecule has 1 fully saturated rings. The van der Waals surface area contributed by atoms with Crippen LogP contribution in [0.5, 0.6) is 5.75 Å². The number of amides is 1. The SMILES string of the molecule is CC[C@H](Oc1ccc(Cl)cc1)C(=O)NC1CC1. The van der Waals surface area contributed by atoms with Crippen molar-refractivity contribution in [3.63, 3.8) is 0 Å². The highest BCUT2D eigenvalue weighted by Gasteiger charge is 2.27. The van der Waals surface area contributed by atoms with E-state index in [1.165, 1.54) is 0 Å². The fraction of sp³-hybridized carbons (Fsp3) is 0.462. The van der Waals surface area contributed by atoms with Crippen LogP contribution in [0.4, 0.5) is 0 Å². The molecule has 1 aliphatic rings. The van der Waals surface area contributed by atoms with E-state index < -0.39 is 6.10 Å². The number of halogens is 1. The van der Waals surface area contributed by atoms with Crippen molar-refractivity contribution in [3.8, 4) is 5.75 Å². The van der Waals surface area contributed by atoms with Crippen LogP contribution in [0.15, 0.2) is 24.3 Å². The second-order valence-corrected chi connectivity index (χ2v) is 4.69. The molecule has 2 rings (SSSR count). The van der Waals surface area contributed by atoms with Gasteiger partial charge < -0.3 is 10.1 Å². The van der Waals surface area contributed by atoms with Gasteiger partial charge in [0.25, 0.3) is 5.91 Å². The van der Waals surface area contributed by atoms with Crippen molar-refractivity contribution in [2.24, 2.45) is 0 Å². The van der Waals surface area contributed by atoms with Crippen molar-refractivity contribution in [3.05, 3.63) is 29.3 Å². The van der Waals surface area contributed by atoms with E-state index in [9.17, 15) is 4.79 Å². The van der Waals surface area contributed by atoms with Gasteiger partial charge in [0.2, 0.25) is 0 Å². The van der Waals surface area contributed by atoms with Crippen LogP contribution in [-0.4, -0.2) is 18.1 Å². The summed E-state index contributed by atoms with van der Waals surface area (Å²) in [6, 6.07) is 7.42. The first-order valence-electron chi connectivity index (χ1n) is 5.91. The van der Waals surface area contributed by atoms with E-state index in [0.29, 0.717) is 23.2 Å². The molecule has 92 valence electrons. The minimum Gasteiger partial charge on any atom is -0.481 e. The molecule has 3 nitrogen and oxygen atoms in total. The number of ether oxygens (including phenoxy) is 1. The molecule has 0 saturated heterocycles. The Bertz CT molecular complexity index is 387. The summed E-state index contributed by atoms with van der Waals surface area (Å²) in [6.07, 6.45) is 2.41. The second kappa shape index (κ2) is 5.41. The highest BCUT2D eigenvalue weighted by molar-refractivity contribution is 6.30. The number of carbonyl (C=O) groups is 1. The minimum absolute atomic E-state index is 0.0232. The molecule has 0 bridgehead atoms. The van der Waals surface area contributed by atoms with E-state index in [-0.39, 0.29) is 5.91 Å². The molecule has 1 saturated carbocycles. The number of rotatable bonds is 5. The monoisotopic (exact) mass is 253 g/mol. The molecule has 1 aromatic rings. The summed E-state index contributed by atoms with van der Waals surface area (Å²) in [4.78, 5) is 11.8.